The van der Waals surface area contributed by atoms with E-state index in [1.165, 1.54) is 16.6 Å². The molecule has 0 bridgehead atoms. The van der Waals surface area contributed by atoms with Crippen LogP contribution in [0.15, 0.2) is 40.9 Å². The van der Waals surface area contributed by atoms with Gasteiger partial charge in [0.15, 0.2) is 0 Å². The van der Waals surface area contributed by atoms with Crippen LogP contribution in [0.5, 0.6) is 0 Å². The number of nitrogens with zero attached hydrogens (tertiary/aromatic N) is 3. The lowest BCUT2D eigenvalue weighted by molar-refractivity contribution is -0.116. The second-order valence-electron chi connectivity index (χ2n) is 6.42. The Kier molecular flexibility index (Phi) is 5.45. The summed E-state index contributed by atoms with van der Waals surface area (Å²) in [6.07, 6.45) is 1.52. The fraction of sp³-hybridized carbons (Fsp3) is 0.263. The van der Waals surface area contributed by atoms with Crippen LogP contribution in [0.2, 0.25) is 0 Å². The van der Waals surface area contributed by atoms with Crippen molar-refractivity contribution >= 4 is 46.3 Å². The maximum absolute atomic E-state index is 12.3. The number of fused-ring (bicyclic) bond motifs is 1. The summed E-state index contributed by atoms with van der Waals surface area (Å²) in [5.74, 6) is 0.944. The number of carbonyl (C=O) groups is 2. The van der Waals surface area contributed by atoms with Crippen molar-refractivity contribution in [2.24, 2.45) is 0 Å². The van der Waals surface area contributed by atoms with Gasteiger partial charge in [0.25, 0.3) is 0 Å². The summed E-state index contributed by atoms with van der Waals surface area (Å²) in [4.78, 5) is 31.3. The third kappa shape index (κ3) is 4.26. The topological polar surface area (TPSA) is 91.0 Å². The SMILES string of the molecule is CC(=O)N1CCc2cc(NC(=O)CSc3n[nH]c(Cc4cccs4)n3)ccc21. The smallest absolute Gasteiger partial charge is 0.234 e. The van der Waals surface area contributed by atoms with Crippen LogP contribution in [0.3, 0.4) is 0 Å². The Morgan fingerprint density at radius 3 is 3.04 bits per heavy atom. The molecule has 3 aromatic rings. The highest BCUT2D eigenvalue weighted by Gasteiger charge is 2.22. The molecular weight excluding hydrogens is 394 g/mol. The van der Waals surface area contributed by atoms with Crippen LogP contribution in [0.1, 0.15) is 23.2 Å². The number of nitrogens with one attached hydrogen (secondary N) is 2. The van der Waals surface area contributed by atoms with Crippen LogP contribution in [0.4, 0.5) is 11.4 Å². The van der Waals surface area contributed by atoms with E-state index in [0.29, 0.717) is 18.1 Å². The average molecular weight is 414 g/mol. The normalized spacial score (nSPS) is 12.8. The highest BCUT2D eigenvalue weighted by Crippen LogP contribution is 2.30. The van der Waals surface area contributed by atoms with E-state index in [-0.39, 0.29) is 17.6 Å². The molecule has 0 radical (unpaired) electrons. The zero-order valence-corrected chi connectivity index (χ0v) is 16.9. The van der Waals surface area contributed by atoms with Crippen molar-refractivity contribution < 1.29 is 9.59 Å². The van der Waals surface area contributed by atoms with E-state index in [4.69, 9.17) is 0 Å². The number of anilines is 2. The van der Waals surface area contributed by atoms with Gasteiger partial charge in [0.05, 0.1) is 5.75 Å². The van der Waals surface area contributed by atoms with Gasteiger partial charge in [0.2, 0.25) is 17.0 Å². The van der Waals surface area contributed by atoms with Crippen LogP contribution in [-0.4, -0.2) is 39.3 Å². The van der Waals surface area contributed by atoms with E-state index < -0.39 is 0 Å². The summed E-state index contributed by atoms with van der Waals surface area (Å²) in [6.45, 7) is 2.26. The molecule has 0 saturated carbocycles. The Hall–Kier alpha value is -2.65. The molecule has 1 aliphatic heterocycles. The Bertz CT molecular complexity index is 1000. The number of carbonyl (C=O) groups excluding carboxylic acids is 2. The maximum Gasteiger partial charge on any atom is 0.234 e. The first-order valence-corrected chi connectivity index (χ1v) is 10.7. The average Bonchev–Trinajstić information content (AvgIpc) is 3.41. The number of hydrogen-bond donors (Lipinski definition) is 2. The molecule has 28 heavy (non-hydrogen) atoms. The van der Waals surface area contributed by atoms with Crippen molar-refractivity contribution in [2.45, 2.75) is 24.9 Å². The minimum atomic E-state index is -0.115. The molecule has 0 unspecified atom stereocenters. The summed E-state index contributed by atoms with van der Waals surface area (Å²) in [5, 5.41) is 12.6. The molecule has 7 nitrogen and oxygen atoms in total. The van der Waals surface area contributed by atoms with Gasteiger partial charge in [-0.1, -0.05) is 17.8 Å². The molecule has 2 aromatic heterocycles. The van der Waals surface area contributed by atoms with E-state index in [0.717, 1.165) is 29.2 Å². The Balaban J connectivity index is 1.30. The second-order valence-corrected chi connectivity index (χ2v) is 8.40. The van der Waals surface area contributed by atoms with E-state index in [1.807, 2.05) is 29.6 Å². The van der Waals surface area contributed by atoms with Crippen molar-refractivity contribution in [3.05, 3.63) is 52.0 Å². The first-order chi connectivity index (χ1) is 13.6. The molecule has 2 N–H and O–H groups in total. The molecule has 0 fully saturated rings. The molecule has 9 heteroatoms. The number of rotatable bonds is 6. The lowest BCUT2D eigenvalue weighted by Crippen LogP contribution is -2.25. The fourth-order valence-electron chi connectivity index (χ4n) is 3.13. The van der Waals surface area contributed by atoms with Gasteiger partial charge in [-0.2, -0.15) is 0 Å². The molecule has 0 aliphatic carbocycles. The first-order valence-electron chi connectivity index (χ1n) is 8.86. The van der Waals surface area contributed by atoms with Gasteiger partial charge in [0.1, 0.15) is 5.82 Å². The maximum atomic E-state index is 12.3. The Morgan fingerprint density at radius 1 is 1.36 bits per heavy atom. The van der Waals surface area contributed by atoms with Gasteiger partial charge >= 0.3 is 0 Å². The second kappa shape index (κ2) is 8.15. The number of aromatic amines is 1. The van der Waals surface area contributed by atoms with Crippen molar-refractivity contribution in [1.82, 2.24) is 15.2 Å². The zero-order chi connectivity index (χ0) is 19.5. The molecular formula is C19H19N5O2S2. The summed E-state index contributed by atoms with van der Waals surface area (Å²) in [6, 6.07) is 9.71. The summed E-state index contributed by atoms with van der Waals surface area (Å²) >= 11 is 2.97. The lowest BCUT2D eigenvalue weighted by Gasteiger charge is -2.15. The van der Waals surface area contributed by atoms with E-state index >= 15 is 0 Å². The van der Waals surface area contributed by atoms with Crippen molar-refractivity contribution in [3.63, 3.8) is 0 Å². The molecule has 0 atom stereocenters. The fourth-order valence-corrected chi connectivity index (χ4v) is 4.46. The predicted molar refractivity (Wildman–Crippen MR) is 111 cm³/mol. The molecule has 0 saturated heterocycles. The van der Waals surface area contributed by atoms with Crippen LogP contribution < -0.4 is 10.2 Å². The van der Waals surface area contributed by atoms with E-state index in [2.05, 4.69) is 26.6 Å². The van der Waals surface area contributed by atoms with Crippen molar-refractivity contribution in [3.8, 4) is 0 Å². The minimum absolute atomic E-state index is 0.0388. The van der Waals surface area contributed by atoms with Gasteiger partial charge in [-0.25, -0.2) is 4.98 Å². The lowest BCUT2D eigenvalue weighted by atomic mass is 10.1. The standard InChI is InChI=1S/C19H19N5O2S2/c1-12(25)24-7-6-13-9-14(4-5-16(13)24)20-18(26)11-28-19-21-17(22-23-19)10-15-3-2-8-27-15/h2-5,8-9H,6-7,10-11H2,1H3,(H,20,26)(H,21,22,23). The van der Waals surface area contributed by atoms with Crippen molar-refractivity contribution in [2.75, 3.05) is 22.5 Å². The number of thioether (sulfide) groups is 1. The molecule has 1 aliphatic rings. The van der Waals surface area contributed by atoms with Gasteiger partial charge < -0.3 is 10.2 Å². The van der Waals surface area contributed by atoms with Crippen LogP contribution in [0.25, 0.3) is 0 Å². The molecule has 144 valence electrons. The quantitative estimate of drug-likeness (QED) is 0.606. The number of benzene rings is 1. The van der Waals surface area contributed by atoms with Gasteiger partial charge in [-0.05, 0) is 41.6 Å². The molecule has 1 aromatic carbocycles. The third-order valence-electron chi connectivity index (χ3n) is 4.40. The molecule has 0 spiro atoms. The third-order valence-corrected chi connectivity index (χ3v) is 6.13. The molecule has 4 rings (SSSR count). The number of H-pyrrole nitrogens is 1. The summed E-state index contributed by atoms with van der Waals surface area (Å²) < 4.78 is 0. The monoisotopic (exact) mass is 413 g/mol. The number of thiophene rings is 1. The van der Waals surface area contributed by atoms with Gasteiger partial charge in [-0.3, -0.25) is 14.7 Å². The number of hydrogen-bond acceptors (Lipinski definition) is 6. The molecule has 2 amide bonds. The van der Waals surface area contributed by atoms with E-state index in [9.17, 15) is 9.59 Å². The number of amides is 2. The van der Waals surface area contributed by atoms with Gasteiger partial charge in [0, 0.05) is 36.1 Å². The van der Waals surface area contributed by atoms with Crippen molar-refractivity contribution in [1.29, 1.82) is 0 Å². The highest BCUT2D eigenvalue weighted by atomic mass is 32.2. The van der Waals surface area contributed by atoms with Crippen LogP contribution >= 0.6 is 23.1 Å². The summed E-state index contributed by atoms with van der Waals surface area (Å²) in [7, 11) is 0. The first kappa shape index (κ1) is 18.7. The number of aromatic nitrogens is 3. The Labute approximate surface area is 170 Å². The summed E-state index contributed by atoms with van der Waals surface area (Å²) in [5.41, 5.74) is 2.75. The highest BCUT2D eigenvalue weighted by molar-refractivity contribution is 7.99. The van der Waals surface area contributed by atoms with Crippen LogP contribution in [0, 0.1) is 0 Å². The van der Waals surface area contributed by atoms with Gasteiger partial charge in [-0.15, -0.1) is 16.4 Å². The predicted octanol–water partition coefficient (Wildman–Crippen LogP) is 3.10. The largest absolute Gasteiger partial charge is 0.325 e. The zero-order valence-electron chi connectivity index (χ0n) is 15.3. The van der Waals surface area contributed by atoms with Crippen LogP contribution in [-0.2, 0) is 22.4 Å². The minimum Gasteiger partial charge on any atom is -0.325 e. The Morgan fingerprint density at radius 2 is 2.25 bits per heavy atom. The van der Waals surface area contributed by atoms with E-state index in [1.54, 1.807) is 23.2 Å². The molecule has 3 heterocycles.